The number of allylic oxidation sites excluding steroid dienone is 2. The Hall–Kier alpha value is -3.60. The number of carbonyl (C=O) groups is 2. The zero-order valence-corrected chi connectivity index (χ0v) is 18.6. The van der Waals surface area contributed by atoms with Crippen molar-refractivity contribution in [2.24, 2.45) is 0 Å². The topological polar surface area (TPSA) is 61.8 Å². The molecule has 0 unspecified atom stereocenters. The number of hydrogen-bond donors (Lipinski definition) is 0. The molecule has 0 atom stereocenters. The van der Waals surface area contributed by atoms with E-state index in [9.17, 15) is 9.59 Å². The van der Waals surface area contributed by atoms with Crippen molar-refractivity contribution in [2.75, 3.05) is 20.3 Å². The molecule has 0 amide bonds. The number of benzene rings is 2. The van der Waals surface area contributed by atoms with Crippen LogP contribution < -0.4 is 9.47 Å². The van der Waals surface area contributed by atoms with E-state index in [1.54, 1.807) is 14.0 Å². The van der Waals surface area contributed by atoms with Crippen LogP contribution >= 0.6 is 0 Å². The average Bonchev–Trinajstić information content (AvgIpc) is 2.80. The van der Waals surface area contributed by atoms with Crippen LogP contribution in [-0.4, -0.2) is 32.1 Å². The Morgan fingerprint density at radius 3 is 1.94 bits per heavy atom. The molecule has 0 saturated heterocycles. The molecule has 0 aliphatic heterocycles. The molecule has 32 heavy (non-hydrogen) atoms. The second kappa shape index (κ2) is 11.1. The minimum atomic E-state index is -0.423. The van der Waals surface area contributed by atoms with Crippen molar-refractivity contribution >= 4 is 23.9 Å². The van der Waals surface area contributed by atoms with Crippen LogP contribution in [0.15, 0.2) is 71.8 Å². The fourth-order valence-electron chi connectivity index (χ4n) is 3.36. The van der Waals surface area contributed by atoms with E-state index in [0.29, 0.717) is 11.3 Å². The van der Waals surface area contributed by atoms with Gasteiger partial charge in [0.2, 0.25) is 0 Å². The molecule has 0 aromatic heterocycles. The fourth-order valence-corrected chi connectivity index (χ4v) is 3.36. The summed E-state index contributed by atoms with van der Waals surface area (Å²) in [7, 11) is 1.63. The number of esters is 1. The zero-order chi connectivity index (χ0) is 22.9. The fraction of sp³-hybridized carbons (Fsp3) is 0.259. The third-order valence-corrected chi connectivity index (χ3v) is 5.09. The van der Waals surface area contributed by atoms with Gasteiger partial charge in [-0.15, -0.1) is 0 Å². The predicted molar refractivity (Wildman–Crippen MR) is 126 cm³/mol. The quantitative estimate of drug-likeness (QED) is 0.317. The van der Waals surface area contributed by atoms with Gasteiger partial charge in [-0.2, -0.15) is 0 Å². The molecule has 5 nitrogen and oxygen atoms in total. The van der Waals surface area contributed by atoms with E-state index in [0.717, 1.165) is 47.3 Å². The summed E-state index contributed by atoms with van der Waals surface area (Å²) < 4.78 is 15.8. The lowest BCUT2D eigenvalue weighted by Crippen LogP contribution is -2.12. The maximum absolute atomic E-state index is 13.0. The highest BCUT2D eigenvalue weighted by Gasteiger charge is 2.20. The molecule has 0 bridgehead atoms. The molecule has 1 fully saturated rings. The van der Waals surface area contributed by atoms with Crippen LogP contribution in [0.5, 0.6) is 11.5 Å². The first kappa shape index (κ1) is 23.1. The van der Waals surface area contributed by atoms with Crippen molar-refractivity contribution in [2.45, 2.75) is 26.2 Å². The Balaban J connectivity index is 1.60. The van der Waals surface area contributed by atoms with Gasteiger partial charge in [0, 0.05) is 16.7 Å². The Kier molecular flexibility index (Phi) is 8.03. The standard InChI is InChI=1S/C27H28O5/c1-19(2)27(29)32-16-15-31-25-13-9-21(10-14-25)18-23-6-4-5-22(26(23)28)17-20-7-11-24(30-3)12-8-20/h7-14,17-18H,1,4-6,15-16H2,2-3H3/b22-17-,23-18-. The van der Waals surface area contributed by atoms with E-state index in [4.69, 9.17) is 14.2 Å². The summed E-state index contributed by atoms with van der Waals surface area (Å²) in [6, 6.07) is 15.2. The van der Waals surface area contributed by atoms with Gasteiger partial charge in [0.05, 0.1) is 7.11 Å². The highest BCUT2D eigenvalue weighted by atomic mass is 16.6. The van der Waals surface area contributed by atoms with Crippen LogP contribution in [-0.2, 0) is 14.3 Å². The lowest BCUT2D eigenvalue weighted by molar-refractivity contribution is -0.139. The average molecular weight is 433 g/mol. The van der Waals surface area contributed by atoms with Crippen molar-refractivity contribution in [3.63, 3.8) is 0 Å². The molecule has 2 aromatic rings. The third kappa shape index (κ3) is 6.45. The van der Waals surface area contributed by atoms with Gasteiger partial charge in [-0.3, -0.25) is 4.79 Å². The van der Waals surface area contributed by atoms with Gasteiger partial charge >= 0.3 is 5.97 Å². The van der Waals surface area contributed by atoms with Crippen molar-refractivity contribution in [3.05, 3.63) is 83.0 Å². The summed E-state index contributed by atoms with van der Waals surface area (Å²) in [5.74, 6) is 1.15. The second-order valence-electron chi connectivity index (χ2n) is 7.63. The molecular formula is C27H28O5. The number of carbonyl (C=O) groups excluding carboxylic acids is 2. The Labute approximate surface area is 189 Å². The third-order valence-electron chi connectivity index (χ3n) is 5.09. The summed E-state index contributed by atoms with van der Waals surface area (Å²) in [6.45, 7) is 5.56. The second-order valence-corrected chi connectivity index (χ2v) is 7.63. The van der Waals surface area contributed by atoms with Crippen molar-refractivity contribution in [1.82, 2.24) is 0 Å². The van der Waals surface area contributed by atoms with Crippen molar-refractivity contribution in [1.29, 1.82) is 0 Å². The molecular weight excluding hydrogens is 404 g/mol. The predicted octanol–water partition coefficient (Wildman–Crippen LogP) is 5.41. The van der Waals surface area contributed by atoms with E-state index < -0.39 is 5.97 Å². The van der Waals surface area contributed by atoms with Gasteiger partial charge in [-0.1, -0.05) is 30.8 Å². The smallest absolute Gasteiger partial charge is 0.333 e. The molecule has 3 rings (SSSR count). The molecule has 166 valence electrons. The summed E-state index contributed by atoms with van der Waals surface area (Å²) >= 11 is 0. The van der Waals surface area contributed by atoms with E-state index in [2.05, 4.69) is 6.58 Å². The van der Waals surface area contributed by atoms with Crippen LogP contribution in [0.1, 0.15) is 37.3 Å². The van der Waals surface area contributed by atoms with E-state index >= 15 is 0 Å². The molecule has 5 heteroatoms. The number of rotatable bonds is 8. The minimum absolute atomic E-state index is 0.103. The van der Waals surface area contributed by atoms with Gasteiger partial charge in [0.15, 0.2) is 5.78 Å². The largest absolute Gasteiger partial charge is 0.497 e. The molecule has 0 heterocycles. The van der Waals surface area contributed by atoms with E-state index in [1.165, 1.54) is 0 Å². The number of ether oxygens (including phenoxy) is 3. The van der Waals surface area contributed by atoms with Crippen LogP contribution in [0.3, 0.4) is 0 Å². The number of Topliss-reactive ketones (excluding diaryl/α,β-unsaturated/α-hetero) is 1. The SMILES string of the molecule is C=C(C)C(=O)OCCOc1ccc(/C=C2/CCC/C(=C/c3ccc(OC)cc3)C2=O)cc1. The van der Waals surface area contributed by atoms with Gasteiger partial charge in [0.25, 0.3) is 0 Å². The van der Waals surface area contributed by atoms with E-state index in [1.807, 2.05) is 60.7 Å². The summed E-state index contributed by atoms with van der Waals surface area (Å²) in [4.78, 5) is 24.3. The first-order valence-electron chi connectivity index (χ1n) is 10.6. The highest BCUT2D eigenvalue weighted by Crippen LogP contribution is 2.28. The maximum atomic E-state index is 13.0. The number of methoxy groups -OCH3 is 1. The highest BCUT2D eigenvalue weighted by molar-refractivity contribution is 6.13. The minimum Gasteiger partial charge on any atom is -0.497 e. The molecule has 0 spiro atoms. The molecule has 0 radical (unpaired) electrons. The lowest BCUT2D eigenvalue weighted by atomic mass is 9.87. The van der Waals surface area contributed by atoms with Crippen molar-refractivity contribution < 1.29 is 23.8 Å². The van der Waals surface area contributed by atoms with Crippen LogP contribution in [0.2, 0.25) is 0 Å². The Morgan fingerprint density at radius 1 is 0.906 bits per heavy atom. The van der Waals surface area contributed by atoms with Crippen LogP contribution in [0.25, 0.3) is 12.2 Å². The lowest BCUT2D eigenvalue weighted by Gasteiger charge is -2.16. The number of hydrogen-bond acceptors (Lipinski definition) is 5. The zero-order valence-electron chi connectivity index (χ0n) is 18.6. The number of ketones is 1. The van der Waals surface area contributed by atoms with Gasteiger partial charge in [0.1, 0.15) is 24.7 Å². The van der Waals surface area contributed by atoms with Gasteiger partial charge < -0.3 is 14.2 Å². The molecule has 1 aliphatic rings. The van der Waals surface area contributed by atoms with Crippen LogP contribution in [0, 0.1) is 0 Å². The monoisotopic (exact) mass is 432 g/mol. The normalized spacial score (nSPS) is 16.1. The maximum Gasteiger partial charge on any atom is 0.333 e. The van der Waals surface area contributed by atoms with Gasteiger partial charge in [-0.25, -0.2) is 4.79 Å². The molecule has 1 aliphatic carbocycles. The summed E-state index contributed by atoms with van der Waals surface area (Å²) in [5.41, 5.74) is 3.95. The Bertz CT molecular complexity index is 1030. The first-order valence-corrected chi connectivity index (χ1v) is 10.6. The summed E-state index contributed by atoms with van der Waals surface area (Å²) in [6.07, 6.45) is 6.41. The van der Waals surface area contributed by atoms with Crippen molar-refractivity contribution in [3.8, 4) is 11.5 Å². The summed E-state index contributed by atoms with van der Waals surface area (Å²) in [5, 5.41) is 0. The van der Waals surface area contributed by atoms with E-state index in [-0.39, 0.29) is 19.0 Å². The molecule has 1 saturated carbocycles. The first-order chi connectivity index (χ1) is 15.5. The molecule has 0 N–H and O–H groups in total. The Morgan fingerprint density at radius 2 is 1.44 bits per heavy atom. The van der Waals surface area contributed by atoms with Crippen LogP contribution in [0.4, 0.5) is 0 Å². The molecule has 2 aromatic carbocycles. The van der Waals surface area contributed by atoms with Gasteiger partial charge in [-0.05, 0) is 73.7 Å².